The van der Waals surface area contributed by atoms with Crippen molar-refractivity contribution in [3.63, 3.8) is 0 Å². The Labute approximate surface area is 132 Å². The number of sulfonamides is 1. The first-order valence-corrected chi connectivity index (χ1v) is 7.97. The van der Waals surface area contributed by atoms with Gasteiger partial charge in [0.1, 0.15) is 30.7 Å². The van der Waals surface area contributed by atoms with Crippen LogP contribution in [0.4, 0.5) is 0 Å². The Hall–Kier alpha value is -2.70. The summed E-state index contributed by atoms with van der Waals surface area (Å²) >= 11 is 0. The van der Waals surface area contributed by atoms with E-state index in [9.17, 15) is 13.2 Å². The fourth-order valence-electron chi connectivity index (χ4n) is 1.72. The molecule has 9 heteroatoms. The van der Waals surface area contributed by atoms with Gasteiger partial charge in [0.25, 0.3) is 0 Å². The van der Waals surface area contributed by atoms with Gasteiger partial charge in [-0.1, -0.05) is 17.3 Å². The van der Waals surface area contributed by atoms with E-state index in [0.717, 1.165) is 0 Å². The number of esters is 1. The molecule has 1 aromatic heterocycles. The van der Waals surface area contributed by atoms with Gasteiger partial charge in [-0.05, 0) is 19.1 Å². The third-order valence-corrected chi connectivity index (χ3v) is 4.22. The summed E-state index contributed by atoms with van der Waals surface area (Å²) in [7, 11) is -3.98. The van der Waals surface area contributed by atoms with E-state index in [2.05, 4.69) is 9.88 Å². The van der Waals surface area contributed by atoms with Crippen LogP contribution in [0.25, 0.3) is 0 Å². The molecule has 0 amide bonds. The highest BCUT2D eigenvalue weighted by atomic mass is 32.2. The zero-order valence-electron chi connectivity index (χ0n) is 12.1. The number of ether oxygens (including phenoxy) is 1. The van der Waals surface area contributed by atoms with E-state index in [4.69, 9.17) is 14.5 Å². The Morgan fingerprint density at radius 1 is 1.43 bits per heavy atom. The molecule has 0 saturated heterocycles. The molecule has 0 aliphatic rings. The van der Waals surface area contributed by atoms with Gasteiger partial charge in [-0.25, -0.2) is 8.42 Å². The zero-order chi connectivity index (χ0) is 16.9. The molecule has 0 unspecified atom stereocenters. The van der Waals surface area contributed by atoms with Gasteiger partial charge in [0, 0.05) is 6.07 Å². The number of nitrogens with one attached hydrogen (secondary N) is 1. The van der Waals surface area contributed by atoms with Gasteiger partial charge in [0.15, 0.2) is 0 Å². The summed E-state index contributed by atoms with van der Waals surface area (Å²) in [6.45, 7) is 1.02. The molecule has 0 atom stereocenters. The lowest BCUT2D eigenvalue weighted by molar-refractivity contribution is -0.143. The van der Waals surface area contributed by atoms with E-state index in [0.29, 0.717) is 11.5 Å². The summed E-state index contributed by atoms with van der Waals surface area (Å²) < 4.78 is 36.0. The largest absolute Gasteiger partial charge is 0.458 e. The molecule has 1 aromatic carbocycles. The first-order valence-electron chi connectivity index (χ1n) is 6.49. The van der Waals surface area contributed by atoms with Crippen LogP contribution >= 0.6 is 0 Å². The standard InChI is InChI=1S/C14H13N3O5S/c1-10-6-12(17-22-10)9-21-14(18)8-16-23(19,20)13-5-3-2-4-11(13)7-15/h2-6,16H,8-9H2,1H3. The quantitative estimate of drug-likeness (QED) is 0.777. The second-order valence-corrected chi connectivity index (χ2v) is 6.26. The number of carbonyl (C=O) groups excluding carboxylic acids is 1. The van der Waals surface area contributed by atoms with Crippen LogP contribution in [0.2, 0.25) is 0 Å². The Balaban J connectivity index is 1.94. The van der Waals surface area contributed by atoms with Gasteiger partial charge in [-0.2, -0.15) is 9.98 Å². The predicted octanol–water partition coefficient (Wildman–Crippen LogP) is 0.876. The number of benzene rings is 1. The van der Waals surface area contributed by atoms with Crippen LogP contribution in [-0.4, -0.2) is 26.1 Å². The maximum Gasteiger partial charge on any atom is 0.321 e. The van der Waals surface area contributed by atoms with Gasteiger partial charge in [-0.15, -0.1) is 0 Å². The number of hydrogen-bond donors (Lipinski definition) is 1. The third-order valence-electron chi connectivity index (χ3n) is 2.76. The Morgan fingerprint density at radius 2 is 2.17 bits per heavy atom. The van der Waals surface area contributed by atoms with Crippen molar-refractivity contribution in [2.75, 3.05) is 6.54 Å². The average molecular weight is 335 g/mol. The van der Waals surface area contributed by atoms with Crippen molar-refractivity contribution in [3.8, 4) is 6.07 Å². The lowest BCUT2D eigenvalue weighted by Crippen LogP contribution is -2.31. The van der Waals surface area contributed by atoms with E-state index in [1.165, 1.54) is 18.2 Å². The van der Waals surface area contributed by atoms with Crippen LogP contribution in [0, 0.1) is 18.3 Å². The first-order chi connectivity index (χ1) is 10.9. The summed E-state index contributed by atoms with van der Waals surface area (Å²) in [6.07, 6.45) is 0. The third kappa shape index (κ3) is 4.38. The van der Waals surface area contributed by atoms with Crippen molar-refractivity contribution in [2.45, 2.75) is 18.4 Å². The second-order valence-electron chi connectivity index (χ2n) is 4.52. The van der Waals surface area contributed by atoms with E-state index < -0.39 is 22.5 Å². The Kier molecular flexibility index (Phi) is 5.10. The lowest BCUT2D eigenvalue weighted by atomic mass is 10.2. The lowest BCUT2D eigenvalue weighted by Gasteiger charge is -2.07. The number of carbonyl (C=O) groups is 1. The highest BCUT2D eigenvalue weighted by Crippen LogP contribution is 2.13. The predicted molar refractivity (Wildman–Crippen MR) is 77.4 cm³/mol. The molecule has 0 aliphatic carbocycles. The van der Waals surface area contributed by atoms with Crippen molar-refractivity contribution in [3.05, 3.63) is 47.3 Å². The molecule has 0 fully saturated rings. The number of aromatic nitrogens is 1. The van der Waals surface area contributed by atoms with E-state index in [1.807, 2.05) is 0 Å². The van der Waals surface area contributed by atoms with Crippen LogP contribution in [0.15, 0.2) is 39.8 Å². The van der Waals surface area contributed by atoms with Crippen LogP contribution in [0.1, 0.15) is 17.0 Å². The number of nitriles is 1. The summed E-state index contributed by atoms with van der Waals surface area (Å²) in [4.78, 5) is 11.4. The SMILES string of the molecule is Cc1cc(COC(=O)CNS(=O)(=O)c2ccccc2C#N)no1. The monoisotopic (exact) mass is 335 g/mol. The molecule has 2 aromatic rings. The number of hydrogen-bond acceptors (Lipinski definition) is 7. The van der Waals surface area contributed by atoms with Crippen LogP contribution in [0.5, 0.6) is 0 Å². The second kappa shape index (κ2) is 7.04. The molecule has 1 heterocycles. The molecule has 0 radical (unpaired) electrons. The van der Waals surface area contributed by atoms with E-state index >= 15 is 0 Å². The Morgan fingerprint density at radius 3 is 2.83 bits per heavy atom. The minimum absolute atomic E-state index is 0.00793. The normalized spacial score (nSPS) is 11.0. The van der Waals surface area contributed by atoms with Crippen LogP contribution in [0.3, 0.4) is 0 Å². The molecular weight excluding hydrogens is 322 g/mol. The number of aryl methyl sites for hydroxylation is 1. The molecule has 8 nitrogen and oxygen atoms in total. The van der Waals surface area contributed by atoms with E-state index in [1.54, 1.807) is 25.1 Å². The number of nitrogens with zero attached hydrogens (tertiary/aromatic N) is 2. The molecule has 23 heavy (non-hydrogen) atoms. The molecule has 120 valence electrons. The fraction of sp³-hybridized carbons (Fsp3) is 0.214. The van der Waals surface area contributed by atoms with Crippen LogP contribution < -0.4 is 4.72 Å². The van der Waals surface area contributed by atoms with Crippen molar-refractivity contribution < 1.29 is 22.5 Å². The van der Waals surface area contributed by atoms with E-state index in [-0.39, 0.29) is 17.1 Å². The van der Waals surface area contributed by atoms with Crippen molar-refractivity contribution in [1.82, 2.24) is 9.88 Å². The highest BCUT2D eigenvalue weighted by Gasteiger charge is 2.19. The molecule has 0 saturated carbocycles. The maximum atomic E-state index is 12.1. The van der Waals surface area contributed by atoms with Gasteiger partial charge < -0.3 is 9.26 Å². The number of rotatable bonds is 6. The molecular formula is C14H13N3O5S. The zero-order valence-corrected chi connectivity index (χ0v) is 13.0. The van der Waals surface area contributed by atoms with Gasteiger partial charge in [0.2, 0.25) is 10.0 Å². The van der Waals surface area contributed by atoms with Gasteiger partial charge in [-0.3, -0.25) is 4.79 Å². The smallest absolute Gasteiger partial charge is 0.321 e. The summed E-state index contributed by atoms with van der Waals surface area (Å²) in [5.41, 5.74) is 0.417. The summed E-state index contributed by atoms with van der Waals surface area (Å²) in [5, 5.41) is 12.6. The topological polar surface area (TPSA) is 122 Å². The van der Waals surface area contributed by atoms with Gasteiger partial charge in [0.05, 0.1) is 10.5 Å². The van der Waals surface area contributed by atoms with Gasteiger partial charge >= 0.3 is 5.97 Å². The molecule has 0 aliphatic heterocycles. The molecule has 1 N–H and O–H groups in total. The molecule has 2 rings (SSSR count). The fourth-order valence-corrected chi connectivity index (χ4v) is 2.84. The highest BCUT2D eigenvalue weighted by molar-refractivity contribution is 7.89. The average Bonchev–Trinajstić information content (AvgIpc) is 2.96. The minimum atomic E-state index is -3.98. The maximum absolute atomic E-state index is 12.1. The minimum Gasteiger partial charge on any atom is -0.458 e. The van der Waals surface area contributed by atoms with Crippen molar-refractivity contribution in [1.29, 1.82) is 5.26 Å². The summed E-state index contributed by atoms with van der Waals surface area (Å²) in [5.74, 6) is -0.200. The first kappa shape index (κ1) is 16.7. The molecule has 0 spiro atoms. The molecule has 0 bridgehead atoms. The summed E-state index contributed by atoms with van der Waals surface area (Å²) in [6, 6.07) is 9.07. The van der Waals surface area contributed by atoms with Crippen molar-refractivity contribution >= 4 is 16.0 Å². The Bertz CT molecular complexity index is 851. The van der Waals surface area contributed by atoms with Crippen molar-refractivity contribution in [2.24, 2.45) is 0 Å². The van der Waals surface area contributed by atoms with Crippen LogP contribution in [-0.2, 0) is 26.2 Å².